The van der Waals surface area contributed by atoms with Crippen molar-refractivity contribution in [3.05, 3.63) is 0 Å². The summed E-state index contributed by atoms with van der Waals surface area (Å²) in [4.78, 5) is 2.18. The average Bonchev–Trinajstić information content (AvgIpc) is 2.41. The van der Waals surface area contributed by atoms with Crippen molar-refractivity contribution < 1.29 is 0 Å². The molecule has 8 heavy (non-hydrogen) atoms. The van der Waals surface area contributed by atoms with Crippen molar-refractivity contribution in [3.8, 4) is 0 Å². The quantitative estimate of drug-likeness (QED) is 0.481. The van der Waals surface area contributed by atoms with E-state index in [0.717, 1.165) is 6.54 Å². The number of nitrogens with one attached hydrogen (secondary N) is 2. The van der Waals surface area contributed by atoms with Crippen LogP contribution >= 0.6 is 0 Å². The third-order valence-electron chi connectivity index (χ3n) is 1.21. The summed E-state index contributed by atoms with van der Waals surface area (Å²) in [5.41, 5.74) is 6.03. The summed E-state index contributed by atoms with van der Waals surface area (Å²) in [6.45, 7) is 1.16. The molecule has 0 bridgehead atoms. The Morgan fingerprint density at radius 2 is 2.00 bits per heavy atom. The highest BCUT2D eigenvalue weighted by Gasteiger charge is 2.17. The summed E-state index contributed by atoms with van der Waals surface area (Å²) in [7, 11) is 4.17. The van der Waals surface area contributed by atoms with E-state index in [0.29, 0.717) is 6.17 Å². The van der Waals surface area contributed by atoms with Gasteiger partial charge in [-0.25, -0.2) is 10.9 Å². The predicted octanol–water partition coefficient (Wildman–Crippen LogP) is -0.628. The smallest absolute Gasteiger partial charge is 0.0845 e. The Labute approximate surface area is 50.0 Å². The third kappa shape index (κ3) is 2.26. The van der Waals surface area contributed by atoms with Crippen molar-refractivity contribution in [2.24, 2.45) is 0 Å². The molecule has 0 radical (unpaired) electrons. The highest BCUT2D eigenvalue weighted by molar-refractivity contribution is 4.71. The Balaban J connectivity index is 1.87. The van der Waals surface area contributed by atoms with Gasteiger partial charge in [-0.3, -0.25) is 0 Å². The fourth-order valence-corrected chi connectivity index (χ4v) is 0.591. The monoisotopic (exact) mass is 115 g/mol. The number of hydrogen-bond acceptors (Lipinski definition) is 3. The Morgan fingerprint density at radius 1 is 1.38 bits per heavy atom. The number of nitrogens with zero attached hydrogens (tertiary/aromatic N) is 1. The van der Waals surface area contributed by atoms with Crippen LogP contribution < -0.4 is 10.9 Å². The van der Waals surface area contributed by atoms with Crippen molar-refractivity contribution in [2.75, 3.05) is 20.6 Å². The van der Waals surface area contributed by atoms with Crippen LogP contribution in [0.5, 0.6) is 0 Å². The molecule has 0 aliphatic carbocycles. The van der Waals surface area contributed by atoms with E-state index in [9.17, 15) is 0 Å². The molecular formula is C5H13N3. The summed E-state index contributed by atoms with van der Waals surface area (Å²) in [5, 5.41) is 0. The fourth-order valence-electron chi connectivity index (χ4n) is 0.591. The van der Waals surface area contributed by atoms with Crippen molar-refractivity contribution in [1.29, 1.82) is 0 Å². The molecular weight excluding hydrogens is 102 g/mol. The second kappa shape index (κ2) is 2.44. The first-order valence-electron chi connectivity index (χ1n) is 2.95. The molecule has 1 saturated heterocycles. The van der Waals surface area contributed by atoms with Crippen LogP contribution in [0.1, 0.15) is 6.42 Å². The minimum absolute atomic E-state index is 0.595. The summed E-state index contributed by atoms with van der Waals surface area (Å²) in [6.07, 6.45) is 1.80. The van der Waals surface area contributed by atoms with Crippen LogP contribution in [0.3, 0.4) is 0 Å². The van der Waals surface area contributed by atoms with E-state index in [4.69, 9.17) is 0 Å². The van der Waals surface area contributed by atoms with Gasteiger partial charge in [0.1, 0.15) is 0 Å². The fraction of sp³-hybridized carbons (Fsp3) is 1.00. The maximum Gasteiger partial charge on any atom is 0.0845 e. The topological polar surface area (TPSA) is 47.1 Å². The summed E-state index contributed by atoms with van der Waals surface area (Å²) in [5.74, 6) is 0. The molecule has 0 spiro atoms. The zero-order valence-corrected chi connectivity index (χ0v) is 5.44. The highest BCUT2D eigenvalue weighted by Crippen LogP contribution is 1.94. The van der Waals surface area contributed by atoms with Gasteiger partial charge in [-0.2, -0.15) is 0 Å². The minimum Gasteiger partial charge on any atom is -0.309 e. The van der Waals surface area contributed by atoms with Gasteiger partial charge in [0.15, 0.2) is 0 Å². The third-order valence-corrected chi connectivity index (χ3v) is 1.21. The van der Waals surface area contributed by atoms with Gasteiger partial charge in [0.25, 0.3) is 0 Å². The normalized spacial score (nSPS) is 19.9. The molecule has 3 heteroatoms. The van der Waals surface area contributed by atoms with Crippen LogP contribution in [0, 0.1) is 0 Å². The van der Waals surface area contributed by atoms with Crippen LogP contribution in [0.15, 0.2) is 0 Å². The van der Waals surface area contributed by atoms with Crippen molar-refractivity contribution in [2.45, 2.75) is 12.6 Å². The molecule has 2 N–H and O–H groups in total. The lowest BCUT2D eigenvalue weighted by Gasteiger charge is -2.05. The molecule has 1 rings (SSSR count). The maximum atomic E-state index is 3.01. The number of hydrazine groups is 1. The molecule has 1 aliphatic rings. The van der Waals surface area contributed by atoms with E-state index in [1.807, 2.05) is 0 Å². The average molecular weight is 115 g/mol. The molecule has 1 aliphatic heterocycles. The van der Waals surface area contributed by atoms with E-state index in [-0.39, 0.29) is 0 Å². The van der Waals surface area contributed by atoms with Gasteiger partial charge in [-0.05, 0) is 20.5 Å². The van der Waals surface area contributed by atoms with Crippen molar-refractivity contribution >= 4 is 0 Å². The number of rotatable bonds is 3. The van der Waals surface area contributed by atoms with E-state index in [1.165, 1.54) is 6.42 Å². The molecule has 0 amide bonds. The summed E-state index contributed by atoms with van der Waals surface area (Å²) in [6, 6.07) is 0. The van der Waals surface area contributed by atoms with Crippen molar-refractivity contribution in [1.82, 2.24) is 15.8 Å². The van der Waals surface area contributed by atoms with E-state index < -0.39 is 0 Å². The largest absolute Gasteiger partial charge is 0.309 e. The Kier molecular flexibility index (Phi) is 1.83. The van der Waals surface area contributed by atoms with E-state index in [1.54, 1.807) is 0 Å². The van der Waals surface area contributed by atoms with Gasteiger partial charge in [-0.15, -0.1) is 0 Å². The van der Waals surface area contributed by atoms with Crippen LogP contribution in [0.2, 0.25) is 0 Å². The Morgan fingerprint density at radius 3 is 2.38 bits per heavy atom. The molecule has 48 valence electrons. The first kappa shape index (κ1) is 6.01. The van der Waals surface area contributed by atoms with Gasteiger partial charge in [0.05, 0.1) is 6.17 Å². The molecule has 0 atom stereocenters. The van der Waals surface area contributed by atoms with Gasteiger partial charge in [0, 0.05) is 6.54 Å². The molecule has 0 saturated carbocycles. The van der Waals surface area contributed by atoms with Crippen molar-refractivity contribution in [3.63, 3.8) is 0 Å². The van der Waals surface area contributed by atoms with Crippen LogP contribution in [-0.2, 0) is 0 Å². The molecule has 0 aromatic heterocycles. The molecule has 3 nitrogen and oxygen atoms in total. The second-order valence-corrected chi connectivity index (χ2v) is 2.43. The van der Waals surface area contributed by atoms with Crippen LogP contribution in [-0.4, -0.2) is 31.7 Å². The highest BCUT2D eigenvalue weighted by atomic mass is 15.6. The molecule has 1 fully saturated rings. The van der Waals surface area contributed by atoms with E-state index in [2.05, 4.69) is 29.8 Å². The SMILES string of the molecule is CN(C)CCC1NN1. The zero-order valence-electron chi connectivity index (χ0n) is 5.44. The zero-order chi connectivity index (χ0) is 5.98. The summed E-state index contributed by atoms with van der Waals surface area (Å²) < 4.78 is 0. The van der Waals surface area contributed by atoms with Gasteiger partial charge < -0.3 is 4.90 Å². The Hall–Kier alpha value is -0.120. The van der Waals surface area contributed by atoms with Gasteiger partial charge in [-0.1, -0.05) is 0 Å². The van der Waals surface area contributed by atoms with E-state index >= 15 is 0 Å². The minimum atomic E-state index is 0.595. The lowest BCUT2D eigenvalue weighted by atomic mass is 10.4. The Bertz CT molecular complexity index is 66.1. The lowest BCUT2D eigenvalue weighted by molar-refractivity contribution is 0.397. The first-order chi connectivity index (χ1) is 3.79. The van der Waals surface area contributed by atoms with Gasteiger partial charge >= 0.3 is 0 Å². The molecule has 0 aromatic rings. The maximum absolute atomic E-state index is 3.01. The lowest BCUT2D eigenvalue weighted by Crippen LogP contribution is -2.15. The van der Waals surface area contributed by atoms with Crippen LogP contribution in [0.25, 0.3) is 0 Å². The molecule has 0 aromatic carbocycles. The first-order valence-corrected chi connectivity index (χ1v) is 2.95. The van der Waals surface area contributed by atoms with Gasteiger partial charge in [0.2, 0.25) is 0 Å². The summed E-state index contributed by atoms with van der Waals surface area (Å²) >= 11 is 0. The standard InChI is InChI=1S/C5H13N3/c1-8(2)4-3-5-6-7-5/h5-7H,3-4H2,1-2H3. The second-order valence-electron chi connectivity index (χ2n) is 2.43. The number of hydrogen-bond donors (Lipinski definition) is 2. The van der Waals surface area contributed by atoms with Crippen LogP contribution in [0.4, 0.5) is 0 Å². The molecule has 0 unspecified atom stereocenters. The molecule has 1 heterocycles. The predicted molar refractivity (Wildman–Crippen MR) is 33.2 cm³/mol.